The molecule has 1 fully saturated rings. The lowest BCUT2D eigenvalue weighted by Gasteiger charge is -2.23. The number of piperidine rings is 1. The Morgan fingerprint density at radius 2 is 2.42 bits per heavy atom. The van der Waals surface area contributed by atoms with Crippen molar-refractivity contribution in [3.8, 4) is 0 Å². The molecule has 1 aliphatic rings. The van der Waals surface area contributed by atoms with E-state index < -0.39 is 0 Å². The number of hydrogen-bond acceptors (Lipinski definition) is 3. The van der Waals surface area contributed by atoms with Crippen molar-refractivity contribution in [2.45, 2.75) is 10.3 Å². The van der Waals surface area contributed by atoms with E-state index in [1.807, 2.05) is 22.6 Å². The van der Waals surface area contributed by atoms with Crippen LogP contribution in [0.3, 0.4) is 0 Å². The summed E-state index contributed by atoms with van der Waals surface area (Å²) in [5.41, 5.74) is 0. The van der Waals surface area contributed by atoms with E-state index in [9.17, 15) is 9.59 Å². The summed E-state index contributed by atoms with van der Waals surface area (Å²) in [5.74, 6) is -0.401. The molecule has 0 bridgehead atoms. The molecule has 1 amide bonds. The molecule has 0 aromatic carbocycles. The number of amides is 1. The maximum Gasteiger partial charge on any atom is 0.310 e. The van der Waals surface area contributed by atoms with Crippen LogP contribution in [-0.4, -0.2) is 29.5 Å². The van der Waals surface area contributed by atoms with Gasteiger partial charge in [-0.1, -0.05) is 22.6 Å². The van der Waals surface area contributed by atoms with E-state index >= 15 is 0 Å². The molecule has 68 valence electrons. The lowest BCUT2D eigenvalue weighted by atomic mass is 10.00. The summed E-state index contributed by atoms with van der Waals surface area (Å²) in [6.07, 6.45) is 0.582. The summed E-state index contributed by atoms with van der Waals surface area (Å²) in [6.45, 7) is 0.408. The fourth-order valence-corrected chi connectivity index (χ4v) is 1.95. The Bertz CT molecular complexity index is 207. The van der Waals surface area contributed by atoms with Gasteiger partial charge in [0.05, 0.1) is 17.0 Å². The molecule has 1 N–H and O–H groups in total. The lowest BCUT2D eigenvalue weighted by molar-refractivity contribution is -0.146. The quantitative estimate of drug-likeness (QED) is 0.422. The van der Waals surface area contributed by atoms with Crippen LogP contribution in [0.1, 0.15) is 6.42 Å². The first kappa shape index (κ1) is 9.76. The first-order valence-corrected chi connectivity index (χ1v) is 4.89. The van der Waals surface area contributed by atoms with Gasteiger partial charge in [-0.3, -0.25) is 9.59 Å². The maximum absolute atomic E-state index is 11.0. The zero-order valence-corrected chi connectivity index (χ0v) is 8.83. The second-order valence-electron chi connectivity index (χ2n) is 2.67. The molecular formula is C7H10INO3. The Morgan fingerprint density at radius 1 is 1.75 bits per heavy atom. The number of hydrogen-bond donors (Lipinski definition) is 1. The van der Waals surface area contributed by atoms with E-state index in [1.165, 1.54) is 7.11 Å². The summed E-state index contributed by atoms with van der Waals surface area (Å²) < 4.78 is 4.47. The van der Waals surface area contributed by atoms with Gasteiger partial charge in [-0.15, -0.1) is 0 Å². The van der Waals surface area contributed by atoms with Gasteiger partial charge in [0.2, 0.25) is 5.91 Å². The topological polar surface area (TPSA) is 55.4 Å². The highest BCUT2D eigenvalue weighted by atomic mass is 127. The zero-order chi connectivity index (χ0) is 9.14. The first-order chi connectivity index (χ1) is 5.65. The van der Waals surface area contributed by atoms with Crippen molar-refractivity contribution < 1.29 is 14.3 Å². The average molecular weight is 283 g/mol. The van der Waals surface area contributed by atoms with E-state index in [0.717, 1.165) is 0 Å². The average Bonchev–Trinajstić information content (AvgIpc) is 2.08. The van der Waals surface area contributed by atoms with Crippen LogP contribution < -0.4 is 5.32 Å². The number of ether oxygens (including phenoxy) is 1. The van der Waals surface area contributed by atoms with Gasteiger partial charge in [-0.2, -0.15) is 0 Å². The van der Waals surface area contributed by atoms with Crippen LogP contribution in [0.2, 0.25) is 0 Å². The molecule has 0 aromatic rings. The van der Waals surface area contributed by atoms with Crippen LogP contribution in [-0.2, 0) is 14.3 Å². The van der Waals surface area contributed by atoms with Gasteiger partial charge >= 0.3 is 5.97 Å². The molecule has 1 aliphatic heterocycles. The summed E-state index contributed by atoms with van der Waals surface area (Å²) >= 11 is 2.03. The molecule has 0 radical (unpaired) electrons. The number of halogens is 1. The van der Waals surface area contributed by atoms with Gasteiger partial charge in [0.15, 0.2) is 0 Å². The van der Waals surface area contributed by atoms with Crippen molar-refractivity contribution in [2.24, 2.45) is 5.92 Å². The maximum atomic E-state index is 11.0. The van der Waals surface area contributed by atoms with Crippen LogP contribution in [0.15, 0.2) is 0 Å². The van der Waals surface area contributed by atoms with E-state index in [2.05, 4.69) is 10.1 Å². The molecule has 12 heavy (non-hydrogen) atoms. The number of rotatable bonds is 1. The molecule has 1 saturated heterocycles. The Labute approximate surface area is 84.2 Å². The lowest BCUT2D eigenvalue weighted by Crippen LogP contribution is -2.44. The largest absolute Gasteiger partial charge is 0.469 e. The van der Waals surface area contributed by atoms with Crippen LogP contribution in [0, 0.1) is 5.92 Å². The van der Waals surface area contributed by atoms with Crippen LogP contribution >= 0.6 is 22.6 Å². The number of carbonyl (C=O) groups excluding carboxylic acids is 2. The predicted molar refractivity (Wildman–Crippen MR) is 50.9 cm³/mol. The van der Waals surface area contributed by atoms with Crippen molar-refractivity contribution in [3.63, 3.8) is 0 Å². The normalized spacial score (nSPS) is 29.3. The van der Waals surface area contributed by atoms with Gasteiger partial charge in [0.25, 0.3) is 0 Å². The minimum absolute atomic E-state index is 0.00996. The number of nitrogens with one attached hydrogen (secondary N) is 1. The molecule has 0 aliphatic carbocycles. The third-order valence-corrected chi connectivity index (χ3v) is 2.91. The van der Waals surface area contributed by atoms with Crippen molar-refractivity contribution in [3.05, 3.63) is 0 Å². The Balaban J connectivity index is 2.50. The van der Waals surface area contributed by atoms with Crippen LogP contribution in [0.4, 0.5) is 0 Å². The standard InChI is InChI=1S/C7H10INO3/c1-12-7(11)4-2-5(8)6(10)9-3-4/h4-5H,2-3H2,1H3,(H,9,10). The van der Waals surface area contributed by atoms with Crippen molar-refractivity contribution in [2.75, 3.05) is 13.7 Å². The molecular weight excluding hydrogens is 273 g/mol. The Hall–Kier alpha value is -0.330. The van der Waals surface area contributed by atoms with Crippen LogP contribution in [0.25, 0.3) is 0 Å². The molecule has 0 spiro atoms. The second kappa shape index (κ2) is 4.06. The smallest absolute Gasteiger partial charge is 0.310 e. The van der Waals surface area contributed by atoms with E-state index in [-0.39, 0.29) is 21.7 Å². The van der Waals surface area contributed by atoms with Gasteiger partial charge in [-0.05, 0) is 6.42 Å². The van der Waals surface area contributed by atoms with Crippen LogP contribution in [0.5, 0.6) is 0 Å². The summed E-state index contributed by atoms with van der Waals surface area (Å²) in [4.78, 5) is 22.0. The molecule has 0 aromatic heterocycles. The highest BCUT2D eigenvalue weighted by Gasteiger charge is 2.31. The summed E-state index contributed by atoms with van der Waals surface area (Å²) in [5, 5.41) is 2.65. The molecule has 4 nitrogen and oxygen atoms in total. The number of carbonyl (C=O) groups is 2. The van der Waals surface area contributed by atoms with Gasteiger partial charge in [-0.25, -0.2) is 0 Å². The summed E-state index contributed by atoms with van der Waals surface area (Å²) in [6, 6.07) is 0. The SMILES string of the molecule is COC(=O)C1CNC(=O)C(I)C1. The van der Waals surface area contributed by atoms with Gasteiger partial charge in [0.1, 0.15) is 0 Å². The molecule has 0 saturated carbocycles. The number of alkyl halides is 1. The molecule has 1 rings (SSSR count). The third kappa shape index (κ3) is 2.09. The zero-order valence-electron chi connectivity index (χ0n) is 6.67. The highest BCUT2D eigenvalue weighted by molar-refractivity contribution is 14.1. The Kier molecular flexibility index (Phi) is 3.30. The highest BCUT2D eigenvalue weighted by Crippen LogP contribution is 2.19. The molecule has 5 heteroatoms. The fourth-order valence-electron chi connectivity index (χ4n) is 1.12. The van der Waals surface area contributed by atoms with E-state index in [0.29, 0.717) is 13.0 Å². The van der Waals surface area contributed by atoms with Crippen molar-refractivity contribution >= 4 is 34.5 Å². The minimum Gasteiger partial charge on any atom is -0.469 e. The van der Waals surface area contributed by atoms with Gasteiger partial charge < -0.3 is 10.1 Å². The number of methoxy groups -OCH3 is 1. The predicted octanol–water partition coefficient (Wildman–Crippen LogP) is 0.0991. The van der Waals surface area contributed by atoms with E-state index in [1.54, 1.807) is 0 Å². The minimum atomic E-state index is -0.239. The van der Waals surface area contributed by atoms with Crippen molar-refractivity contribution in [1.82, 2.24) is 5.32 Å². The fraction of sp³-hybridized carbons (Fsp3) is 0.714. The molecule has 2 unspecified atom stereocenters. The molecule has 1 heterocycles. The summed E-state index contributed by atoms with van der Waals surface area (Å²) in [7, 11) is 1.36. The third-order valence-electron chi connectivity index (χ3n) is 1.83. The Morgan fingerprint density at radius 3 is 2.92 bits per heavy atom. The van der Waals surface area contributed by atoms with E-state index in [4.69, 9.17) is 0 Å². The first-order valence-electron chi connectivity index (χ1n) is 3.64. The monoisotopic (exact) mass is 283 g/mol. The number of esters is 1. The second-order valence-corrected chi connectivity index (χ2v) is 4.17. The van der Waals surface area contributed by atoms with Gasteiger partial charge in [0, 0.05) is 6.54 Å². The van der Waals surface area contributed by atoms with Crippen molar-refractivity contribution in [1.29, 1.82) is 0 Å². The molecule has 2 atom stereocenters.